The molecule has 86 valence electrons. The third-order valence-corrected chi connectivity index (χ3v) is 4.19. The Kier molecular flexibility index (Phi) is 3.11. The molecule has 2 unspecified atom stereocenters. The van der Waals surface area contributed by atoms with E-state index in [2.05, 4.69) is 35.1 Å². The molecule has 2 nitrogen and oxygen atoms in total. The van der Waals surface area contributed by atoms with Gasteiger partial charge in [0.2, 0.25) is 5.91 Å². The van der Waals surface area contributed by atoms with Gasteiger partial charge in [0, 0.05) is 16.8 Å². The van der Waals surface area contributed by atoms with Crippen LogP contribution in [0.1, 0.15) is 39.5 Å². The number of nitrogens with one attached hydrogen (secondary N) is 1. The predicted octanol–water partition coefficient (Wildman–Crippen LogP) is 2.71. The van der Waals surface area contributed by atoms with Crippen molar-refractivity contribution in [1.29, 1.82) is 0 Å². The zero-order valence-corrected chi connectivity index (χ0v) is 11.1. The normalized spacial score (nSPS) is 33.7. The van der Waals surface area contributed by atoms with Crippen LogP contribution in [-0.4, -0.2) is 16.8 Å². The fraction of sp³-hybridized carbons (Fsp3) is 0.917. The molecular formula is C12H20BrNO. The number of hydrogen-bond acceptors (Lipinski definition) is 1. The molecule has 0 radical (unpaired) electrons. The molecule has 2 rings (SSSR count). The third-order valence-electron chi connectivity index (χ3n) is 3.80. The predicted molar refractivity (Wildman–Crippen MR) is 65.0 cm³/mol. The molecule has 2 aliphatic carbocycles. The maximum absolute atomic E-state index is 12.0. The first-order valence-electron chi connectivity index (χ1n) is 5.90. The zero-order chi connectivity index (χ0) is 11.1. The summed E-state index contributed by atoms with van der Waals surface area (Å²) in [5.74, 6) is 2.37. The molecule has 3 heteroatoms. The summed E-state index contributed by atoms with van der Waals surface area (Å²) in [6.07, 6.45) is 4.65. The van der Waals surface area contributed by atoms with Crippen molar-refractivity contribution in [3.05, 3.63) is 0 Å². The number of fused-ring (bicyclic) bond motifs is 1. The molecule has 0 heterocycles. The Labute approximate surface area is 100 Å². The minimum atomic E-state index is -0.0621. The quantitative estimate of drug-likeness (QED) is 0.785. The average molecular weight is 274 g/mol. The summed E-state index contributed by atoms with van der Waals surface area (Å²) in [7, 11) is 0. The minimum Gasteiger partial charge on any atom is -0.351 e. The number of rotatable bonds is 4. The van der Waals surface area contributed by atoms with Gasteiger partial charge in [-0.25, -0.2) is 0 Å². The van der Waals surface area contributed by atoms with Gasteiger partial charge in [-0.15, -0.1) is 0 Å². The standard InChI is InChI=1S/C12H20BrNO/c1-12(2,3-4-13)14-11(15)10-6-8-5-9(8)7-10/h8-10H,3-7H2,1-2H3,(H,14,15). The molecule has 2 aliphatic rings. The Bertz CT molecular complexity index is 254. The van der Waals surface area contributed by atoms with E-state index in [-0.39, 0.29) is 11.4 Å². The first kappa shape index (κ1) is 11.4. The van der Waals surface area contributed by atoms with Crippen molar-refractivity contribution in [2.75, 3.05) is 5.33 Å². The Morgan fingerprint density at radius 1 is 1.33 bits per heavy atom. The van der Waals surface area contributed by atoms with Crippen molar-refractivity contribution in [1.82, 2.24) is 5.32 Å². The van der Waals surface area contributed by atoms with E-state index in [1.807, 2.05) is 0 Å². The molecule has 2 saturated carbocycles. The molecule has 2 fully saturated rings. The van der Waals surface area contributed by atoms with Gasteiger partial charge in [0.15, 0.2) is 0 Å². The molecule has 1 N–H and O–H groups in total. The summed E-state index contributed by atoms with van der Waals surface area (Å²) >= 11 is 3.42. The molecule has 0 aromatic carbocycles. The lowest BCUT2D eigenvalue weighted by Crippen LogP contribution is -2.46. The van der Waals surface area contributed by atoms with Gasteiger partial charge in [-0.3, -0.25) is 4.79 Å². The van der Waals surface area contributed by atoms with E-state index in [0.29, 0.717) is 5.92 Å². The number of carbonyl (C=O) groups excluding carboxylic acids is 1. The summed E-state index contributed by atoms with van der Waals surface area (Å²) in [5.41, 5.74) is -0.0621. The van der Waals surface area contributed by atoms with Crippen LogP contribution >= 0.6 is 15.9 Å². The maximum Gasteiger partial charge on any atom is 0.223 e. The van der Waals surface area contributed by atoms with Crippen molar-refractivity contribution < 1.29 is 4.79 Å². The third kappa shape index (κ3) is 2.74. The Morgan fingerprint density at radius 2 is 1.93 bits per heavy atom. The first-order chi connectivity index (χ1) is 7.02. The van der Waals surface area contributed by atoms with Crippen molar-refractivity contribution in [3.8, 4) is 0 Å². The number of halogens is 1. The largest absolute Gasteiger partial charge is 0.351 e. The summed E-state index contributed by atoms with van der Waals surface area (Å²) in [4.78, 5) is 12.0. The highest BCUT2D eigenvalue weighted by molar-refractivity contribution is 9.09. The van der Waals surface area contributed by atoms with Crippen molar-refractivity contribution in [2.45, 2.75) is 45.1 Å². The molecule has 0 saturated heterocycles. The molecular weight excluding hydrogens is 254 g/mol. The second-order valence-corrected chi connectivity index (χ2v) is 6.53. The number of hydrogen-bond donors (Lipinski definition) is 1. The second kappa shape index (κ2) is 4.08. The Morgan fingerprint density at radius 3 is 2.47 bits per heavy atom. The van der Waals surface area contributed by atoms with E-state index in [1.165, 1.54) is 6.42 Å². The highest BCUT2D eigenvalue weighted by Crippen LogP contribution is 2.54. The van der Waals surface area contributed by atoms with E-state index in [1.54, 1.807) is 0 Å². The fourth-order valence-corrected chi connectivity index (χ4v) is 3.65. The van der Waals surface area contributed by atoms with Gasteiger partial charge in [-0.2, -0.15) is 0 Å². The van der Waals surface area contributed by atoms with Crippen molar-refractivity contribution >= 4 is 21.8 Å². The minimum absolute atomic E-state index is 0.0621. The van der Waals surface area contributed by atoms with Gasteiger partial charge in [0.1, 0.15) is 0 Å². The molecule has 0 spiro atoms. The molecule has 15 heavy (non-hydrogen) atoms. The van der Waals surface area contributed by atoms with Gasteiger partial charge >= 0.3 is 0 Å². The van der Waals surface area contributed by atoms with Gasteiger partial charge in [-0.1, -0.05) is 15.9 Å². The average Bonchev–Trinajstić information content (AvgIpc) is 2.72. The van der Waals surface area contributed by atoms with E-state index >= 15 is 0 Å². The fourth-order valence-electron chi connectivity index (χ4n) is 2.66. The Hall–Kier alpha value is -0.0500. The molecule has 0 bridgehead atoms. The summed E-state index contributed by atoms with van der Waals surface area (Å²) in [6, 6.07) is 0. The number of carbonyl (C=O) groups is 1. The summed E-state index contributed by atoms with van der Waals surface area (Å²) in [5, 5.41) is 4.11. The van der Waals surface area contributed by atoms with Crippen LogP contribution in [0.5, 0.6) is 0 Å². The number of amides is 1. The van der Waals surface area contributed by atoms with Crippen LogP contribution in [0.25, 0.3) is 0 Å². The first-order valence-corrected chi connectivity index (χ1v) is 7.02. The highest BCUT2D eigenvalue weighted by Gasteiger charge is 2.48. The van der Waals surface area contributed by atoms with Crippen LogP contribution in [0.2, 0.25) is 0 Å². The molecule has 2 atom stereocenters. The Balaban J connectivity index is 1.81. The summed E-state index contributed by atoms with van der Waals surface area (Å²) in [6.45, 7) is 4.20. The second-order valence-electron chi connectivity index (χ2n) is 5.74. The topological polar surface area (TPSA) is 29.1 Å². The molecule has 0 aromatic rings. The van der Waals surface area contributed by atoms with Gasteiger partial charge < -0.3 is 5.32 Å². The molecule has 1 amide bonds. The van der Waals surface area contributed by atoms with E-state index in [9.17, 15) is 4.79 Å². The van der Waals surface area contributed by atoms with Crippen LogP contribution in [0, 0.1) is 17.8 Å². The van der Waals surface area contributed by atoms with Crippen LogP contribution in [0.4, 0.5) is 0 Å². The van der Waals surface area contributed by atoms with Gasteiger partial charge in [0.05, 0.1) is 0 Å². The van der Waals surface area contributed by atoms with Crippen LogP contribution in [-0.2, 0) is 4.79 Å². The van der Waals surface area contributed by atoms with Crippen LogP contribution in [0.3, 0.4) is 0 Å². The lowest BCUT2D eigenvalue weighted by molar-refractivity contribution is -0.126. The number of alkyl halides is 1. The van der Waals surface area contributed by atoms with Gasteiger partial charge in [0.25, 0.3) is 0 Å². The zero-order valence-electron chi connectivity index (χ0n) is 9.55. The lowest BCUT2D eigenvalue weighted by atomic mass is 9.97. The highest BCUT2D eigenvalue weighted by atomic mass is 79.9. The van der Waals surface area contributed by atoms with E-state index in [0.717, 1.165) is 36.4 Å². The van der Waals surface area contributed by atoms with Crippen molar-refractivity contribution in [2.24, 2.45) is 17.8 Å². The smallest absolute Gasteiger partial charge is 0.223 e. The SMILES string of the molecule is CC(C)(CCBr)NC(=O)C1CC2CC2C1. The van der Waals surface area contributed by atoms with E-state index < -0.39 is 0 Å². The van der Waals surface area contributed by atoms with E-state index in [4.69, 9.17) is 0 Å². The molecule has 0 aromatic heterocycles. The van der Waals surface area contributed by atoms with Crippen LogP contribution < -0.4 is 5.32 Å². The van der Waals surface area contributed by atoms with Crippen molar-refractivity contribution in [3.63, 3.8) is 0 Å². The van der Waals surface area contributed by atoms with Gasteiger partial charge in [-0.05, 0) is 51.4 Å². The molecule has 0 aliphatic heterocycles. The summed E-state index contributed by atoms with van der Waals surface area (Å²) < 4.78 is 0. The van der Waals surface area contributed by atoms with Crippen LogP contribution in [0.15, 0.2) is 0 Å². The lowest BCUT2D eigenvalue weighted by Gasteiger charge is -2.27. The maximum atomic E-state index is 12.0. The monoisotopic (exact) mass is 273 g/mol.